The van der Waals surface area contributed by atoms with E-state index in [1.54, 1.807) is 24.3 Å². The zero-order chi connectivity index (χ0) is 19.6. The Morgan fingerprint density at radius 3 is 2.11 bits per heavy atom. The predicted molar refractivity (Wildman–Crippen MR) is 97.7 cm³/mol. The molecule has 0 fully saturated rings. The topological polar surface area (TPSA) is 47.0 Å². The third-order valence-corrected chi connectivity index (χ3v) is 4.17. The van der Waals surface area contributed by atoms with Crippen molar-refractivity contribution < 1.29 is 17.9 Å². The highest BCUT2D eigenvalue weighted by atomic mass is 32.1. The molecule has 0 radical (unpaired) electrons. The van der Waals surface area contributed by atoms with Crippen LogP contribution in [0.2, 0.25) is 0 Å². The summed E-state index contributed by atoms with van der Waals surface area (Å²) in [5, 5.41) is 0. The lowest BCUT2D eigenvalue weighted by molar-refractivity contribution is -0.141. The standard InChI is InChI=1S/C19H15F3N2O2S/c1-12-2-6-14(7-3-12)26-15-8-4-13(5-9-15)11-24-17(25)10-16(19(20,21)22)23-18(24)27/h2-10H,11H2,1H3,(H,23,27). The molecule has 0 bridgehead atoms. The van der Waals surface area contributed by atoms with Gasteiger partial charge in [0.15, 0.2) is 4.77 Å². The van der Waals surface area contributed by atoms with Gasteiger partial charge in [0.1, 0.15) is 17.2 Å². The highest BCUT2D eigenvalue weighted by Gasteiger charge is 2.32. The van der Waals surface area contributed by atoms with E-state index < -0.39 is 17.4 Å². The first-order valence-corrected chi connectivity index (χ1v) is 8.38. The van der Waals surface area contributed by atoms with Gasteiger partial charge in [0, 0.05) is 6.07 Å². The number of ether oxygens (including phenoxy) is 1. The zero-order valence-corrected chi connectivity index (χ0v) is 15.0. The molecule has 140 valence electrons. The molecule has 0 unspecified atom stereocenters. The lowest BCUT2D eigenvalue weighted by Gasteiger charge is -2.11. The molecular weight excluding hydrogens is 377 g/mol. The number of hydrogen-bond acceptors (Lipinski definition) is 3. The number of nitrogens with one attached hydrogen (secondary N) is 1. The number of aromatic nitrogens is 2. The van der Waals surface area contributed by atoms with Crippen molar-refractivity contribution in [2.24, 2.45) is 0 Å². The van der Waals surface area contributed by atoms with Crippen molar-refractivity contribution >= 4 is 12.2 Å². The van der Waals surface area contributed by atoms with Gasteiger partial charge in [-0.25, -0.2) is 0 Å². The summed E-state index contributed by atoms with van der Waals surface area (Å²) in [6.45, 7) is 2.03. The Balaban J connectivity index is 1.78. The van der Waals surface area contributed by atoms with Gasteiger partial charge in [0.05, 0.1) is 6.54 Å². The molecular formula is C19H15F3N2O2S. The summed E-state index contributed by atoms with van der Waals surface area (Å²) in [7, 11) is 0. The molecule has 0 saturated heterocycles. The van der Waals surface area contributed by atoms with E-state index in [1.165, 1.54) is 0 Å². The van der Waals surface area contributed by atoms with E-state index in [-0.39, 0.29) is 11.3 Å². The van der Waals surface area contributed by atoms with Crippen LogP contribution in [0.25, 0.3) is 0 Å². The largest absolute Gasteiger partial charge is 0.457 e. The average Bonchev–Trinajstić information content (AvgIpc) is 2.60. The number of alkyl halides is 3. The maximum absolute atomic E-state index is 12.7. The lowest BCUT2D eigenvalue weighted by Crippen LogP contribution is -2.25. The minimum atomic E-state index is -4.65. The Hall–Kier alpha value is -2.87. The van der Waals surface area contributed by atoms with E-state index in [1.807, 2.05) is 31.2 Å². The Bertz CT molecular complexity index is 1020. The van der Waals surface area contributed by atoms with Gasteiger partial charge in [-0.3, -0.25) is 9.36 Å². The van der Waals surface area contributed by atoms with Crippen LogP contribution in [-0.4, -0.2) is 9.55 Å². The van der Waals surface area contributed by atoms with E-state index in [2.05, 4.69) is 4.98 Å². The van der Waals surface area contributed by atoms with Gasteiger partial charge < -0.3 is 9.72 Å². The Kier molecular flexibility index (Phi) is 5.18. The van der Waals surface area contributed by atoms with Gasteiger partial charge in [-0.2, -0.15) is 13.2 Å². The molecule has 27 heavy (non-hydrogen) atoms. The van der Waals surface area contributed by atoms with Crippen molar-refractivity contribution in [3.63, 3.8) is 0 Å². The van der Waals surface area contributed by atoms with Crippen molar-refractivity contribution in [3.8, 4) is 11.5 Å². The Morgan fingerprint density at radius 2 is 1.59 bits per heavy atom. The van der Waals surface area contributed by atoms with Crippen LogP contribution in [0.4, 0.5) is 13.2 Å². The van der Waals surface area contributed by atoms with E-state index in [0.29, 0.717) is 23.1 Å². The molecule has 1 N–H and O–H groups in total. The van der Waals surface area contributed by atoms with Gasteiger partial charge in [0.2, 0.25) is 0 Å². The number of benzene rings is 2. The van der Waals surface area contributed by atoms with Crippen molar-refractivity contribution in [1.82, 2.24) is 9.55 Å². The van der Waals surface area contributed by atoms with Gasteiger partial charge >= 0.3 is 6.18 Å². The highest BCUT2D eigenvalue weighted by molar-refractivity contribution is 7.71. The van der Waals surface area contributed by atoms with Crippen molar-refractivity contribution in [3.05, 3.63) is 86.5 Å². The fourth-order valence-corrected chi connectivity index (χ4v) is 2.68. The minimum Gasteiger partial charge on any atom is -0.457 e. The number of aromatic amines is 1. The summed E-state index contributed by atoms with van der Waals surface area (Å²) in [5.74, 6) is 1.29. The zero-order valence-electron chi connectivity index (χ0n) is 14.2. The van der Waals surface area contributed by atoms with Gasteiger partial charge in [-0.1, -0.05) is 29.8 Å². The number of rotatable bonds is 4. The quantitative estimate of drug-likeness (QED) is 0.631. The van der Waals surface area contributed by atoms with Crippen LogP contribution in [-0.2, 0) is 12.7 Å². The molecule has 1 aromatic heterocycles. The second-order valence-electron chi connectivity index (χ2n) is 5.97. The van der Waals surface area contributed by atoms with Crippen LogP contribution < -0.4 is 10.3 Å². The van der Waals surface area contributed by atoms with Crippen LogP contribution >= 0.6 is 12.2 Å². The highest BCUT2D eigenvalue weighted by Crippen LogP contribution is 2.26. The third-order valence-electron chi connectivity index (χ3n) is 3.85. The second-order valence-corrected chi connectivity index (χ2v) is 6.36. The molecule has 0 aliphatic rings. The van der Waals surface area contributed by atoms with E-state index >= 15 is 0 Å². The average molecular weight is 392 g/mol. The van der Waals surface area contributed by atoms with Crippen molar-refractivity contribution in [2.45, 2.75) is 19.6 Å². The monoisotopic (exact) mass is 392 g/mol. The number of halogens is 3. The molecule has 3 rings (SSSR count). The number of nitrogens with zero attached hydrogens (tertiary/aromatic N) is 1. The Labute approximate surface area is 157 Å². The second kappa shape index (κ2) is 7.40. The van der Waals surface area contributed by atoms with Gasteiger partial charge in [-0.05, 0) is 49.0 Å². The van der Waals surface area contributed by atoms with Crippen LogP contribution in [0.1, 0.15) is 16.8 Å². The third kappa shape index (κ3) is 4.65. The molecule has 8 heteroatoms. The fraction of sp³-hybridized carbons (Fsp3) is 0.158. The SMILES string of the molecule is Cc1ccc(Oc2ccc(Cn3c(=O)cc(C(F)(F)F)[nH]c3=S)cc2)cc1. The lowest BCUT2D eigenvalue weighted by atomic mass is 10.2. The van der Waals surface area contributed by atoms with Crippen molar-refractivity contribution in [1.29, 1.82) is 0 Å². The van der Waals surface area contributed by atoms with Crippen LogP contribution in [0.15, 0.2) is 59.4 Å². The maximum atomic E-state index is 12.7. The van der Waals surface area contributed by atoms with E-state index in [4.69, 9.17) is 17.0 Å². The molecule has 0 saturated carbocycles. The first kappa shape index (κ1) is 18.9. The molecule has 3 aromatic rings. The van der Waals surface area contributed by atoms with Gasteiger partial charge in [0.25, 0.3) is 5.56 Å². The Morgan fingerprint density at radius 1 is 1.04 bits per heavy atom. The van der Waals surface area contributed by atoms with Crippen LogP contribution in [0.3, 0.4) is 0 Å². The molecule has 0 aliphatic carbocycles. The molecule has 1 heterocycles. The summed E-state index contributed by atoms with van der Waals surface area (Å²) in [5.41, 5.74) is -0.148. The summed E-state index contributed by atoms with van der Waals surface area (Å²) >= 11 is 4.90. The van der Waals surface area contributed by atoms with Crippen molar-refractivity contribution in [2.75, 3.05) is 0 Å². The summed E-state index contributed by atoms with van der Waals surface area (Å²) < 4.78 is 44.6. The molecule has 0 atom stereocenters. The van der Waals surface area contributed by atoms with Crippen LogP contribution in [0, 0.1) is 11.7 Å². The predicted octanol–water partition coefficient (Wildman–Crippen LogP) is 5.07. The maximum Gasteiger partial charge on any atom is 0.431 e. The first-order chi connectivity index (χ1) is 12.7. The number of hydrogen-bond donors (Lipinski definition) is 1. The molecule has 4 nitrogen and oxygen atoms in total. The number of H-pyrrole nitrogens is 1. The normalized spacial score (nSPS) is 11.4. The molecule has 0 spiro atoms. The summed E-state index contributed by atoms with van der Waals surface area (Å²) in [6, 6.07) is 15.0. The minimum absolute atomic E-state index is 0.0527. The van der Waals surface area contributed by atoms with Gasteiger partial charge in [-0.15, -0.1) is 0 Å². The first-order valence-electron chi connectivity index (χ1n) is 7.97. The number of aryl methyl sites for hydroxylation is 1. The summed E-state index contributed by atoms with van der Waals surface area (Å²) in [6.07, 6.45) is -4.65. The van der Waals surface area contributed by atoms with E-state index in [0.717, 1.165) is 10.1 Å². The molecule has 0 aliphatic heterocycles. The smallest absolute Gasteiger partial charge is 0.431 e. The molecule has 0 amide bonds. The summed E-state index contributed by atoms with van der Waals surface area (Å²) in [4.78, 5) is 14.1. The van der Waals surface area contributed by atoms with Crippen LogP contribution in [0.5, 0.6) is 11.5 Å². The molecule has 2 aromatic carbocycles. The van der Waals surface area contributed by atoms with E-state index in [9.17, 15) is 18.0 Å². The fourth-order valence-electron chi connectivity index (χ4n) is 2.41.